The number of benzene rings is 1. The lowest BCUT2D eigenvalue weighted by atomic mass is 10.1. The van der Waals surface area contributed by atoms with Gasteiger partial charge in [-0.15, -0.1) is 6.58 Å². The second-order valence-electron chi connectivity index (χ2n) is 2.71. The van der Waals surface area contributed by atoms with Gasteiger partial charge < -0.3 is 0 Å². The molecule has 0 aliphatic carbocycles. The molecule has 1 aromatic carbocycles. The van der Waals surface area contributed by atoms with Crippen LogP contribution in [0.2, 0.25) is 0 Å². The Bertz CT molecular complexity index is 320. The van der Waals surface area contributed by atoms with E-state index in [0.29, 0.717) is 6.42 Å². The molecule has 0 saturated heterocycles. The molecule has 0 amide bonds. The molecule has 0 aromatic heterocycles. The molecule has 0 N–H and O–H groups in total. The number of nitro groups is 1. The quantitative estimate of drug-likeness (QED) is 0.403. The SMILES string of the molecule is C=CCCc1ccccc1[N+](=O)[O-]. The average molecular weight is 177 g/mol. The summed E-state index contributed by atoms with van der Waals surface area (Å²) < 4.78 is 0. The third-order valence-electron chi connectivity index (χ3n) is 1.81. The Labute approximate surface area is 76.9 Å². The van der Waals surface area contributed by atoms with Crippen molar-refractivity contribution in [2.75, 3.05) is 0 Å². The first-order chi connectivity index (χ1) is 6.25. The van der Waals surface area contributed by atoms with Gasteiger partial charge in [0.1, 0.15) is 0 Å². The first-order valence-corrected chi connectivity index (χ1v) is 4.09. The van der Waals surface area contributed by atoms with Crippen molar-refractivity contribution in [1.82, 2.24) is 0 Å². The van der Waals surface area contributed by atoms with Crippen LogP contribution < -0.4 is 0 Å². The van der Waals surface area contributed by atoms with Crippen molar-refractivity contribution in [2.24, 2.45) is 0 Å². The van der Waals surface area contributed by atoms with Crippen LogP contribution >= 0.6 is 0 Å². The number of rotatable bonds is 4. The van der Waals surface area contributed by atoms with E-state index in [0.717, 1.165) is 12.0 Å². The highest BCUT2D eigenvalue weighted by molar-refractivity contribution is 5.39. The highest BCUT2D eigenvalue weighted by atomic mass is 16.6. The molecule has 68 valence electrons. The van der Waals surface area contributed by atoms with E-state index in [2.05, 4.69) is 6.58 Å². The zero-order valence-corrected chi connectivity index (χ0v) is 7.27. The number of allylic oxidation sites excluding steroid dienone is 1. The molecule has 0 bridgehead atoms. The van der Waals surface area contributed by atoms with Gasteiger partial charge in [-0.2, -0.15) is 0 Å². The molecule has 0 saturated carbocycles. The minimum atomic E-state index is -0.349. The van der Waals surface area contributed by atoms with E-state index in [1.807, 2.05) is 6.07 Å². The molecule has 3 heteroatoms. The highest BCUT2D eigenvalue weighted by Crippen LogP contribution is 2.18. The number of aryl methyl sites for hydroxylation is 1. The molecular formula is C10H11NO2. The average Bonchev–Trinajstić information content (AvgIpc) is 2.15. The second-order valence-corrected chi connectivity index (χ2v) is 2.71. The number of nitrogens with zero attached hydrogens (tertiary/aromatic N) is 1. The summed E-state index contributed by atoms with van der Waals surface area (Å²) in [5, 5.41) is 10.6. The molecule has 1 rings (SSSR count). The predicted octanol–water partition coefficient (Wildman–Crippen LogP) is 2.71. The summed E-state index contributed by atoms with van der Waals surface area (Å²) in [6.07, 6.45) is 3.21. The maximum atomic E-state index is 10.6. The Morgan fingerprint density at radius 1 is 1.46 bits per heavy atom. The lowest BCUT2D eigenvalue weighted by Gasteiger charge is -1.99. The molecule has 0 fully saturated rings. The summed E-state index contributed by atoms with van der Waals surface area (Å²) in [7, 11) is 0. The monoisotopic (exact) mass is 177 g/mol. The molecule has 13 heavy (non-hydrogen) atoms. The van der Waals surface area contributed by atoms with E-state index in [4.69, 9.17) is 0 Å². The van der Waals surface area contributed by atoms with E-state index in [-0.39, 0.29) is 10.6 Å². The molecule has 0 heterocycles. The predicted molar refractivity (Wildman–Crippen MR) is 51.6 cm³/mol. The Kier molecular flexibility index (Phi) is 3.20. The van der Waals surface area contributed by atoms with Crippen molar-refractivity contribution in [3.8, 4) is 0 Å². The number of hydrogen-bond donors (Lipinski definition) is 0. The first kappa shape index (κ1) is 9.45. The highest BCUT2D eigenvalue weighted by Gasteiger charge is 2.10. The van der Waals surface area contributed by atoms with Gasteiger partial charge >= 0.3 is 0 Å². The summed E-state index contributed by atoms with van der Waals surface area (Å²) in [5.74, 6) is 0. The molecule has 1 aromatic rings. The smallest absolute Gasteiger partial charge is 0.258 e. The van der Waals surface area contributed by atoms with Gasteiger partial charge in [-0.3, -0.25) is 10.1 Å². The third kappa shape index (κ3) is 2.40. The summed E-state index contributed by atoms with van der Waals surface area (Å²) >= 11 is 0. The van der Waals surface area contributed by atoms with Crippen LogP contribution in [0.3, 0.4) is 0 Å². The first-order valence-electron chi connectivity index (χ1n) is 4.09. The Balaban J connectivity index is 2.90. The van der Waals surface area contributed by atoms with Crippen LogP contribution in [0.15, 0.2) is 36.9 Å². The molecule has 3 nitrogen and oxygen atoms in total. The zero-order valence-electron chi connectivity index (χ0n) is 7.27. The largest absolute Gasteiger partial charge is 0.272 e. The molecule has 0 unspecified atom stereocenters. The fraction of sp³-hybridized carbons (Fsp3) is 0.200. The fourth-order valence-corrected chi connectivity index (χ4v) is 1.16. The number of hydrogen-bond acceptors (Lipinski definition) is 2. The van der Waals surface area contributed by atoms with Crippen molar-refractivity contribution in [2.45, 2.75) is 12.8 Å². The van der Waals surface area contributed by atoms with Crippen molar-refractivity contribution < 1.29 is 4.92 Å². The molecule has 0 aliphatic heterocycles. The van der Waals surface area contributed by atoms with Crippen molar-refractivity contribution in [3.05, 3.63) is 52.6 Å². The minimum Gasteiger partial charge on any atom is -0.258 e. The van der Waals surface area contributed by atoms with Gasteiger partial charge in [0, 0.05) is 11.6 Å². The summed E-state index contributed by atoms with van der Waals surface area (Å²) in [4.78, 5) is 10.2. The van der Waals surface area contributed by atoms with Gasteiger partial charge in [0.2, 0.25) is 0 Å². The van der Waals surface area contributed by atoms with Crippen LogP contribution in [0.4, 0.5) is 5.69 Å². The lowest BCUT2D eigenvalue weighted by molar-refractivity contribution is -0.385. The third-order valence-corrected chi connectivity index (χ3v) is 1.81. The summed E-state index contributed by atoms with van der Waals surface area (Å²) in [6.45, 7) is 3.58. The minimum absolute atomic E-state index is 0.198. The van der Waals surface area contributed by atoms with Crippen LogP contribution in [0.5, 0.6) is 0 Å². The van der Waals surface area contributed by atoms with Crippen LogP contribution in [0, 0.1) is 10.1 Å². The van der Waals surface area contributed by atoms with Crippen LogP contribution in [0.1, 0.15) is 12.0 Å². The second kappa shape index (κ2) is 4.40. The normalized spacial score (nSPS) is 9.54. The molecule has 0 radical (unpaired) electrons. The van der Waals surface area contributed by atoms with Gasteiger partial charge in [0.15, 0.2) is 0 Å². The zero-order chi connectivity index (χ0) is 9.68. The van der Waals surface area contributed by atoms with Crippen molar-refractivity contribution in [1.29, 1.82) is 0 Å². The number of para-hydroxylation sites is 1. The van der Waals surface area contributed by atoms with Gasteiger partial charge in [0.25, 0.3) is 5.69 Å². The van der Waals surface area contributed by atoms with E-state index >= 15 is 0 Å². The van der Waals surface area contributed by atoms with Gasteiger partial charge in [0.05, 0.1) is 4.92 Å². The standard InChI is InChI=1S/C10H11NO2/c1-2-3-6-9-7-4-5-8-10(9)11(12)13/h2,4-5,7-8H,1,3,6H2. The molecular weight excluding hydrogens is 166 g/mol. The number of nitro benzene ring substituents is 1. The van der Waals surface area contributed by atoms with E-state index in [9.17, 15) is 10.1 Å². The van der Waals surface area contributed by atoms with E-state index < -0.39 is 0 Å². The fourth-order valence-electron chi connectivity index (χ4n) is 1.16. The van der Waals surface area contributed by atoms with Crippen LogP contribution in [0.25, 0.3) is 0 Å². The van der Waals surface area contributed by atoms with Crippen molar-refractivity contribution in [3.63, 3.8) is 0 Å². The molecule has 0 aliphatic rings. The van der Waals surface area contributed by atoms with Crippen molar-refractivity contribution >= 4 is 5.69 Å². The maximum Gasteiger partial charge on any atom is 0.272 e. The Hall–Kier alpha value is -1.64. The van der Waals surface area contributed by atoms with E-state index in [1.165, 1.54) is 6.07 Å². The Morgan fingerprint density at radius 3 is 2.77 bits per heavy atom. The van der Waals surface area contributed by atoms with Gasteiger partial charge in [-0.25, -0.2) is 0 Å². The maximum absolute atomic E-state index is 10.6. The van der Waals surface area contributed by atoms with Gasteiger partial charge in [-0.05, 0) is 12.8 Å². The Morgan fingerprint density at radius 2 is 2.15 bits per heavy atom. The van der Waals surface area contributed by atoms with Gasteiger partial charge in [-0.1, -0.05) is 24.3 Å². The topological polar surface area (TPSA) is 43.1 Å². The lowest BCUT2D eigenvalue weighted by Crippen LogP contribution is -1.94. The summed E-state index contributed by atoms with van der Waals surface area (Å²) in [5.41, 5.74) is 0.969. The van der Waals surface area contributed by atoms with Crippen LogP contribution in [-0.4, -0.2) is 4.92 Å². The molecule has 0 spiro atoms. The summed E-state index contributed by atoms with van der Waals surface area (Å²) in [6, 6.07) is 6.79. The van der Waals surface area contributed by atoms with E-state index in [1.54, 1.807) is 18.2 Å². The van der Waals surface area contributed by atoms with Crippen LogP contribution in [-0.2, 0) is 6.42 Å². The molecule has 0 atom stereocenters.